The number of carbonyl (C=O) groups is 1. The highest BCUT2D eigenvalue weighted by atomic mass is 16.2. The van der Waals surface area contributed by atoms with Crippen LogP contribution in [0.4, 0.5) is 0 Å². The maximum absolute atomic E-state index is 13.0. The minimum Gasteiger partial charge on any atom is -0.334 e. The first-order chi connectivity index (χ1) is 10.9. The summed E-state index contributed by atoms with van der Waals surface area (Å²) in [5.41, 5.74) is 2.06. The second kappa shape index (κ2) is 4.80. The number of pyridine rings is 1. The van der Waals surface area contributed by atoms with Gasteiger partial charge in [0.1, 0.15) is 5.69 Å². The Morgan fingerprint density at radius 1 is 1.13 bits per heavy atom. The van der Waals surface area contributed by atoms with Crippen LogP contribution in [0.2, 0.25) is 0 Å². The third-order valence-electron chi connectivity index (χ3n) is 5.49. The van der Waals surface area contributed by atoms with Crippen molar-refractivity contribution < 1.29 is 4.79 Å². The van der Waals surface area contributed by atoms with Crippen LogP contribution in [0.3, 0.4) is 0 Å². The molecule has 0 spiro atoms. The average molecular weight is 308 g/mol. The second-order valence-corrected chi connectivity index (χ2v) is 8.54. The van der Waals surface area contributed by atoms with E-state index in [0.29, 0.717) is 17.2 Å². The fourth-order valence-corrected chi connectivity index (χ4v) is 5.03. The number of fused-ring (bicyclic) bond motifs is 3. The van der Waals surface area contributed by atoms with Gasteiger partial charge in [0.05, 0.1) is 5.52 Å². The van der Waals surface area contributed by atoms with Crippen molar-refractivity contribution in [3.63, 3.8) is 0 Å². The van der Waals surface area contributed by atoms with Crippen LogP contribution < -0.4 is 0 Å². The van der Waals surface area contributed by atoms with E-state index in [9.17, 15) is 4.79 Å². The first kappa shape index (κ1) is 14.7. The molecule has 4 rings (SSSR count). The van der Waals surface area contributed by atoms with E-state index >= 15 is 0 Å². The van der Waals surface area contributed by atoms with Crippen molar-refractivity contribution in [1.82, 2.24) is 9.88 Å². The van der Waals surface area contributed by atoms with E-state index in [1.54, 1.807) is 0 Å². The largest absolute Gasteiger partial charge is 0.334 e. The van der Waals surface area contributed by atoms with E-state index in [1.807, 2.05) is 36.4 Å². The molecule has 1 aromatic heterocycles. The van der Waals surface area contributed by atoms with Crippen LogP contribution in [0, 0.1) is 10.8 Å². The van der Waals surface area contributed by atoms with E-state index in [0.717, 1.165) is 30.3 Å². The molecular weight excluding hydrogens is 284 g/mol. The molecular formula is C20H24N2O. The summed E-state index contributed by atoms with van der Waals surface area (Å²) in [5.74, 6) is 0.0992. The number of rotatable bonds is 1. The Morgan fingerprint density at radius 3 is 2.74 bits per heavy atom. The molecule has 2 heterocycles. The molecule has 0 radical (unpaired) electrons. The van der Waals surface area contributed by atoms with E-state index in [1.165, 1.54) is 6.42 Å². The van der Waals surface area contributed by atoms with Gasteiger partial charge < -0.3 is 4.90 Å². The number of likely N-dealkylation sites (tertiary alicyclic amines) is 1. The van der Waals surface area contributed by atoms with Crippen molar-refractivity contribution in [2.24, 2.45) is 10.8 Å². The summed E-state index contributed by atoms with van der Waals surface area (Å²) in [6, 6.07) is 12.2. The number of para-hydroxylation sites is 1. The Hall–Kier alpha value is -1.90. The quantitative estimate of drug-likeness (QED) is 0.788. The van der Waals surface area contributed by atoms with Crippen molar-refractivity contribution in [2.75, 3.05) is 6.54 Å². The molecule has 1 saturated heterocycles. The summed E-state index contributed by atoms with van der Waals surface area (Å²) in [5, 5.41) is 1.08. The van der Waals surface area contributed by atoms with Gasteiger partial charge in [-0.3, -0.25) is 4.79 Å². The standard InChI is InChI=1S/C20H24N2O/c1-19(2)10-15-11-20(3,12-19)13-22(15)18(23)17-9-8-14-6-4-5-7-16(14)21-17/h4-9,15H,10-13H2,1-3H3/t15-,20-/m0/s1. The molecule has 1 aromatic carbocycles. The highest BCUT2D eigenvalue weighted by Gasteiger charge is 2.51. The summed E-state index contributed by atoms with van der Waals surface area (Å²) in [7, 11) is 0. The predicted octanol–water partition coefficient (Wildman–Crippen LogP) is 4.28. The highest BCUT2D eigenvalue weighted by Crippen LogP contribution is 2.52. The first-order valence-electron chi connectivity index (χ1n) is 8.52. The normalized spacial score (nSPS) is 29.0. The lowest BCUT2D eigenvalue weighted by Crippen LogP contribution is -2.38. The van der Waals surface area contributed by atoms with Crippen molar-refractivity contribution in [1.29, 1.82) is 0 Å². The Labute approximate surface area is 137 Å². The van der Waals surface area contributed by atoms with Crippen LogP contribution in [0.5, 0.6) is 0 Å². The van der Waals surface area contributed by atoms with Crippen LogP contribution in [-0.4, -0.2) is 28.4 Å². The van der Waals surface area contributed by atoms with E-state index < -0.39 is 0 Å². The Kier molecular flexibility index (Phi) is 3.06. The molecule has 3 heteroatoms. The molecule has 2 aromatic rings. The van der Waals surface area contributed by atoms with Crippen LogP contribution in [0.25, 0.3) is 10.9 Å². The molecule has 1 amide bonds. The average Bonchev–Trinajstić information content (AvgIpc) is 2.75. The summed E-state index contributed by atoms with van der Waals surface area (Å²) in [4.78, 5) is 19.7. The van der Waals surface area contributed by atoms with Crippen molar-refractivity contribution in [3.8, 4) is 0 Å². The molecule has 1 aliphatic heterocycles. The van der Waals surface area contributed by atoms with Gasteiger partial charge in [-0.25, -0.2) is 4.98 Å². The zero-order valence-electron chi connectivity index (χ0n) is 14.2. The number of nitrogens with zero attached hydrogens (tertiary/aromatic N) is 2. The van der Waals surface area contributed by atoms with E-state index in [2.05, 4.69) is 30.7 Å². The van der Waals surface area contributed by atoms with Gasteiger partial charge in [-0.2, -0.15) is 0 Å². The molecule has 23 heavy (non-hydrogen) atoms. The van der Waals surface area contributed by atoms with Gasteiger partial charge in [-0.05, 0) is 42.2 Å². The zero-order valence-corrected chi connectivity index (χ0v) is 14.2. The molecule has 120 valence electrons. The van der Waals surface area contributed by atoms with Crippen LogP contribution in [-0.2, 0) is 0 Å². The fraction of sp³-hybridized carbons (Fsp3) is 0.500. The number of aromatic nitrogens is 1. The van der Waals surface area contributed by atoms with Gasteiger partial charge in [-0.1, -0.05) is 45.0 Å². The number of carbonyl (C=O) groups excluding carboxylic acids is 1. The molecule has 0 N–H and O–H groups in total. The van der Waals surface area contributed by atoms with Gasteiger partial charge in [-0.15, -0.1) is 0 Å². The van der Waals surface area contributed by atoms with Crippen LogP contribution in [0.1, 0.15) is 50.5 Å². The SMILES string of the molecule is CC1(C)C[C@H]2C[C@](C)(CN2C(=O)c2ccc3ccccc3n2)C1. The fourth-order valence-electron chi connectivity index (χ4n) is 5.03. The summed E-state index contributed by atoms with van der Waals surface area (Å²) in [6.45, 7) is 7.87. The maximum atomic E-state index is 13.0. The third-order valence-corrected chi connectivity index (χ3v) is 5.49. The number of hydrogen-bond acceptors (Lipinski definition) is 2. The van der Waals surface area contributed by atoms with Gasteiger partial charge >= 0.3 is 0 Å². The third kappa shape index (κ3) is 2.52. The van der Waals surface area contributed by atoms with E-state index in [4.69, 9.17) is 0 Å². The molecule has 2 aliphatic rings. The van der Waals surface area contributed by atoms with Crippen LogP contribution in [0.15, 0.2) is 36.4 Å². The molecule has 0 unspecified atom stereocenters. The lowest BCUT2D eigenvalue weighted by Gasteiger charge is -2.39. The topological polar surface area (TPSA) is 33.2 Å². The lowest BCUT2D eigenvalue weighted by molar-refractivity contribution is 0.0703. The molecule has 2 atom stereocenters. The van der Waals surface area contributed by atoms with Gasteiger partial charge in [0, 0.05) is 18.0 Å². The Bertz CT molecular complexity index is 782. The van der Waals surface area contributed by atoms with Crippen molar-refractivity contribution in [2.45, 2.75) is 46.1 Å². The van der Waals surface area contributed by atoms with Gasteiger partial charge in [0.25, 0.3) is 5.91 Å². The predicted molar refractivity (Wildman–Crippen MR) is 92.3 cm³/mol. The van der Waals surface area contributed by atoms with Crippen molar-refractivity contribution >= 4 is 16.8 Å². The molecule has 2 bridgehead atoms. The number of amides is 1. The van der Waals surface area contributed by atoms with Gasteiger partial charge in [0.2, 0.25) is 0 Å². The first-order valence-corrected chi connectivity index (χ1v) is 8.52. The Balaban J connectivity index is 1.66. The van der Waals surface area contributed by atoms with Gasteiger partial charge in [0.15, 0.2) is 0 Å². The molecule has 3 nitrogen and oxygen atoms in total. The lowest BCUT2D eigenvalue weighted by atomic mass is 9.65. The number of benzene rings is 1. The second-order valence-electron chi connectivity index (χ2n) is 8.54. The summed E-state index contributed by atoms with van der Waals surface area (Å²) in [6.07, 6.45) is 3.43. The molecule has 2 fully saturated rings. The Morgan fingerprint density at radius 2 is 1.91 bits per heavy atom. The summed E-state index contributed by atoms with van der Waals surface area (Å²) >= 11 is 0. The molecule has 1 aliphatic carbocycles. The smallest absolute Gasteiger partial charge is 0.272 e. The minimum absolute atomic E-state index is 0.0992. The van der Waals surface area contributed by atoms with Crippen molar-refractivity contribution in [3.05, 3.63) is 42.1 Å². The number of hydrogen-bond donors (Lipinski definition) is 0. The minimum atomic E-state index is 0.0992. The van der Waals surface area contributed by atoms with Crippen LogP contribution >= 0.6 is 0 Å². The maximum Gasteiger partial charge on any atom is 0.272 e. The van der Waals surface area contributed by atoms with E-state index in [-0.39, 0.29) is 11.3 Å². The zero-order chi connectivity index (χ0) is 16.2. The molecule has 1 saturated carbocycles. The monoisotopic (exact) mass is 308 g/mol. The summed E-state index contributed by atoms with van der Waals surface area (Å²) < 4.78 is 0. The highest BCUT2D eigenvalue weighted by molar-refractivity contribution is 5.95.